The smallest absolute Gasteiger partial charge is 0.224 e. The van der Waals surface area contributed by atoms with Crippen molar-refractivity contribution in [3.63, 3.8) is 0 Å². The van der Waals surface area contributed by atoms with Gasteiger partial charge in [0.2, 0.25) is 17.7 Å². The van der Waals surface area contributed by atoms with Gasteiger partial charge in [0.1, 0.15) is 0 Å². The van der Waals surface area contributed by atoms with E-state index >= 15 is 0 Å². The van der Waals surface area contributed by atoms with E-state index in [1.165, 1.54) is 6.42 Å². The largest absolute Gasteiger partial charge is 0.424 e. The summed E-state index contributed by atoms with van der Waals surface area (Å²) in [5.41, 5.74) is -0.248. The predicted molar refractivity (Wildman–Crippen MR) is 92.1 cm³/mol. The molecular weight excluding hydrogens is 318 g/mol. The third kappa shape index (κ3) is 3.09. The van der Waals surface area contributed by atoms with Crippen molar-refractivity contribution in [3.8, 4) is 0 Å². The van der Waals surface area contributed by atoms with Gasteiger partial charge in [-0.3, -0.25) is 4.79 Å². The molecule has 1 aromatic rings. The van der Waals surface area contributed by atoms with Crippen molar-refractivity contribution < 1.29 is 13.9 Å². The Balaban J connectivity index is 1.50. The first-order chi connectivity index (χ1) is 11.9. The predicted octanol–water partition coefficient (Wildman–Crippen LogP) is 2.89. The summed E-state index contributed by atoms with van der Waals surface area (Å²) in [6, 6.07) is 0. The maximum Gasteiger partial charge on any atom is 0.224 e. The zero-order valence-electron chi connectivity index (χ0n) is 15.6. The number of ether oxygens (including phenoxy) is 1. The first-order valence-corrected chi connectivity index (χ1v) is 9.54. The molecule has 1 aliphatic heterocycles. The van der Waals surface area contributed by atoms with Gasteiger partial charge in [0.25, 0.3) is 0 Å². The SMILES string of the molecule is COCC(C)(C)CC(=O)N1C[C@@H]2CCC[C@]2(c2nnc(C3CC3)o2)C1. The average molecular weight is 347 g/mol. The van der Waals surface area contributed by atoms with Crippen LogP contribution in [-0.4, -0.2) is 47.8 Å². The topological polar surface area (TPSA) is 68.5 Å². The van der Waals surface area contributed by atoms with Crippen LogP contribution < -0.4 is 0 Å². The summed E-state index contributed by atoms with van der Waals surface area (Å²) in [6.45, 7) is 6.31. The molecule has 0 radical (unpaired) electrons. The number of fused-ring (bicyclic) bond motifs is 1. The highest BCUT2D eigenvalue weighted by Crippen LogP contribution is 2.51. The highest BCUT2D eigenvalue weighted by atomic mass is 16.5. The molecule has 0 bridgehead atoms. The molecule has 25 heavy (non-hydrogen) atoms. The number of amides is 1. The minimum absolute atomic E-state index is 0.110. The lowest BCUT2D eigenvalue weighted by Gasteiger charge is -2.27. The van der Waals surface area contributed by atoms with E-state index in [0.717, 1.165) is 50.6 Å². The van der Waals surface area contributed by atoms with Crippen LogP contribution in [0, 0.1) is 11.3 Å². The standard InChI is InChI=1S/C19H29N3O3/c1-18(2,12-24-3)9-15(23)22-10-14-5-4-8-19(14,11-22)17-21-20-16(25-17)13-6-7-13/h13-14H,4-12H2,1-3H3/t14-,19-/m0/s1. The third-order valence-corrected chi connectivity index (χ3v) is 6.18. The normalized spacial score (nSPS) is 29.2. The average Bonchev–Trinajstić information content (AvgIpc) is 2.97. The second-order valence-corrected chi connectivity index (χ2v) is 9.01. The molecule has 1 aromatic heterocycles. The van der Waals surface area contributed by atoms with Gasteiger partial charge in [-0.1, -0.05) is 20.3 Å². The zero-order chi connectivity index (χ0) is 17.7. The molecule has 0 aromatic carbocycles. The van der Waals surface area contributed by atoms with E-state index in [2.05, 4.69) is 24.0 Å². The molecule has 6 heteroatoms. The molecule has 2 aliphatic carbocycles. The summed E-state index contributed by atoms with van der Waals surface area (Å²) >= 11 is 0. The summed E-state index contributed by atoms with van der Waals surface area (Å²) < 4.78 is 11.3. The molecule has 1 saturated heterocycles. The lowest BCUT2D eigenvalue weighted by atomic mass is 9.80. The molecule has 3 fully saturated rings. The molecule has 1 amide bonds. The maximum atomic E-state index is 12.9. The lowest BCUT2D eigenvalue weighted by Crippen LogP contribution is -2.37. The number of carbonyl (C=O) groups is 1. The van der Waals surface area contributed by atoms with Crippen LogP contribution in [0.3, 0.4) is 0 Å². The van der Waals surface area contributed by atoms with Crippen molar-refractivity contribution in [2.75, 3.05) is 26.8 Å². The molecule has 2 heterocycles. The fraction of sp³-hybridized carbons (Fsp3) is 0.842. The van der Waals surface area contributed by atoms with E-state index in [1.54, 1.807) is 7.11 Å². The second-order valence-electron chi connectivity index (χ2n) is 9.01. The van der Waals surface area contributed by atoms with Crippen molar-refractivity contribution in [2.24, 2.45) is 11.3 Å². The third-order valence-electron chi connectivity index (χ3n) is 6.18. The fourth-order valence-electron chi connectivity index (χ4n) is 4.72. The Hall–Kier alpha value is -1.43. The number of rotatable bonds is 6. The van der Waals surface area contributed by atoms with Crippen molar-refractivity contribution in [2.45, 2.75) is 63.7 Å². The van der Waals surface area contributed by atoms with Gasteiger partial charge in [-0.15, -0.1) is 10.2 Å². The zero-order valence-corrected chi connectivity index (χ0v) is 15.6. The van der Waals surface area contributed by atoms with Crippen molar-refractivity contribution in [3.05, 3.63) is 11.8 Å². The van der Waals surface area contributed by atoms with Gasteiger partial charge in [-0.2, -0.15) is 0 Å². The molecule has 4 rings (SSSR count). The number of nitrogens with zero attached hydrogens (tertiary/aromatic N) is 3. The molecular formula is C19H29N3O3. The van der Waals surface area contributed by atoms with Crippen LogP contribution in [0.2, 0.25) is 0 Å². The van der Waals surface area contributed by atoms with Crippen LogP contribution in [0.1, 0.15) is 70.1 Å². The van der Waals surface area contributed by atoms with E-state index in [0.29, 0.717) is 24.9 Å². The minimum atomic E-state index is -0.139. The fourth-order valence-corrected chi connectivity index (χ4v) is 4.72. The minimum Gasteiger partial charge on any atom is -0.424 e. The Morgan fingerprint density at radius 1 is 1.36 bits per heavy atom. The number of carbonyl (C=O) groups excluding carboxylic acids is 1. The molecule has 6 nitrogen and oxygen atoms in total. The van der Waals surface area contributed by atoms with Crippen LogP contribution in [0.15, 0.2) is 4.42 Å². The Kier molecular flexibility index (Phi) is 4.13. The van der Waals surface area contributed by atoms with E-state index < -0.39 is 0 Å². The number of hydrogen-bond acceptors (Lipinski definition) is 5. The number of likely N-dealkylation sites (tertiary alicyclic amines) is 1. The van der Waals surface area contributed by atoms with Crippen LogP contribution in [0.4, 0.5) is 0 Å². The first-order valence-electron chi connectivity index (χ1n) is 9.54. The molecule has 2 atom stereocenters. The van der Waals surface area contributed by atoms with Gasteiger partial charge in [0.15, 0.2) is 0 Å². The van der Waals surface area contributed by atoms with Gasteiger partial charge < -0.3 is 14.1 Å². The van der Waals surface area contributed by atoms with Gasteiger partial charge in [0, 0.05) is 32.5 Å². The van der Waals surface area contributed by atoms with Crippen LogP contribution in [0.25, 0.3) is 0 Å². The Labute approximate surface area is 149 Å². The molecule has 3 aliphatic rings. The van der Waals surface area contributed by atoms with E-state index in [9.17, 15) is 4.79 Å². The Bertz CT molecular complexity index is 652. The van der Waals surface area contributed by atoms with Crippen molar-refractivity contribution in [1.29, 1.82) is 0 Å². The van der Waals surface area contributed by atoms with Crippen LogP contribution in [-0.2, 0) is 14.9 Å². The van der Waals surface area contributed by atoms with Gasteiger partial charge in [-0.05, 0) is 37.0 Å². The monoisotopic (exact) mass is 347 g/mol. The quantitative estimate of drug-likeness (QED) is 0.791. The number of aromatic nitrogens is 2. The first kappa shape index (κ1) is 17.0. The summed E-state index contributed by atoms with van der Waals surface area (Å²) in [7, 11) is 1.69. The molecule has 0 N–H and O–H groups in total. The molecule has 0 spiro atoms. The summed E-state index contributed by atoms with van der Waals surface area (Å²) in [5, 5.41) is 8.71. The molecule has 138 valence electrons. The van der Waals surface area contributed by atoms with Gasteiger partial charge in [0.05, 0.1) is 12.0 Å². The van der Waals surface area contributed by atoms with Crippen molar-refractivity contribution in [1.82, 2.24) is 15.1 Å². The van der Waals surface area contributed by atoms with E-state index in [1.807, 2.05) is 4.90 Å². The van der Waals surface area contributed by atoms with Gasteiger partial charge >= 0.3 is 0 Å². The summed E-state index contributed by atoms with van der Waals surface area (Å²) in [6.07, 6.45) is 6.22. The van der Waals surface area contributed by atoms with Crippen LogP contribution >= 0.6 is 0 Å². The van der Waals surface area contributed by atoms with E-state index in [4.69, 9.17) is 9.15 Å². The summed E-state index contributed by atoms with van der Waals surface area (Å²) in [5.74, 6) is 2.74. The number of hydrogen-bond donors (Lipinski definition) is 0. The molecule has 2 saturated carbocycles. The highest BCUT2D eigenvalue weighted by molar-refractivity contribution is 5.77. The molecule has 0 unspecified atom stereocenters. The van der Waals surface area contributed by atoms with Gasteiger partial charge in [-0.25, -0.2) is 0 Å². The summed E-state index contributed by atoms with van der Waals surface area (Å²) in [4.78, 5) is 14.9. The highest BCUT2D eigenvalue weighted by Gasteiger charge is 2.55. The van der Waals surface area contributed by atoms with Crippen LogP contribution in [0.5, 0.6) is 0 Å². The maximum absolute atomic E-state index is 12.9. The lowest BCUT2D eigenvalue weighted by molar-refractivity contribution is -0.133. The Morgan fingerprint density at radius 2 is 2.16 bits per heavy atom. The Morgan fingerprint density at radius 3 is 2.88 bits per heavy atom. The number of methoxy groups -OCH3 is 1. The second kappa shape index (κ2) is 6.08. The van der Waals surface area contributed by atoms with Crippen molar-refractivity contribution >= 4 is 5.91 Å². The van der Waals surface area contributed by atoms with E-state index in [-0.39, 0.29) is 16.7 Å².